The van der Waals surface area contributed by atoms with E-state index in [0.29, 0.717) is 24.1 Å². The molecule has 1 aliphatic heterocycles. The van der Waals surface area contributed by atoms with Gasteiger partial charge in [0.15, 0.2) is 0 Å². The third kappa shape index (κ3) is 16.5. The van der Waals surface area contributed by atoms with E-state index in [4.69, 9.17) is 4.74 Å². The summed E-state index contributed by atoms with van der Waals surface area (Å²) in [5.74, 6) is -2.55. The van der Waals surface area contributed by atoms with E-state index in [1.54, 1.807) is 39.1 Å². The molecular formula is C42H66N8O9. The van der Waals surface area contributed by atoms with E-state index < -0.39 is 78.1 Å². The lowest BCUT2D eigenvalue weighted by atomic mass is 9.94. The number of H-pyrrole nitrogens is 1. The van der Waals surface area contributed by atoms with Gasteiger partial charge in [-0.2, -0.15) is 0 Å². The van der Waals surface area contributed by atoms with Gasteiger partial charge in [0.2, 0.25) is 29.5 Å². The van der Waals surface area contributed by atoms with Crippen LogP contribution in [0.4, 0.5) is 4.79 Å². The summed E-state index contributed by atoms with van der Waals surface area (Å²) in [6.45, 7) is 16.6. The van der Waals surface area contributed by atoms with Crippen LogP contribution in [0.25, 0.3) is 0 Å². The maximum absolute atomic E-state index is 14.1. The fourth-order valence-corrected chi connectivity index (χ4v) is 6.85. The van der Waals surface area contributed by atoms with Crippen LogP contribution in [0.5, 0.6) is 5.75 Å². The molecule has 17 heteroatoms. The lowest BCUT2D eigenvalue weighted by Crippen LogP contribution is -2.58. The second-order valence-electron chi connectivity index (χ2n) is 17.5. The number of phenols is 1. The molecule has 0 bridgehead atoms. The van der Waals surface area contributed by atoms with Gasteiger partial charge in [0.05, 0.1) is 36.6 Å². The van der Waals surface area contributed by atoms with E-state index >= 15 is 0 Å². The van der Waals surface area contributed by atoms with E-state index in [2.05, 4.69) is 41.9 Å². The molecule has 0 saturated carbocycles. The molecule has 1 saturated heterocycles. The van der Waals surface area contributed by atoms with Crippen molar-refractivity contribution in [3.8, 4) is 5.75 Å². The van der Waals surface area contributed by atoms with Crippen molar-refractivity contribution >= 4 is 35.6 Å². The first kappa shape index (κ1) is 48.2. The SMILES string of the molecule is CC[C@H](C)[C@H](NC(=O)C[C@H](O)[C@H](CC(C)C)NC(=O)[C@H](Cc1c[nH]cn1)NC(=O)[C@H](Cc1ccc(O)cc1)NC(=O)OC(C)(C)C)C(=O)N[C@H]1CC(=O)N[C@H]1CC(C)C. The van der Waals surface area contributed by atoms with Crippen LogP contribution in [0, 0.1) is 17.8 Å². The highest BCUT2D eigenvalue weighted by molar-refractivity contribution is 5.92. The molecule has 3 rings (SSSR count). The topological polar surface area (TPSA) is 253 Å². The molecule has 0 spiro atoms. The number of aromatic amines is 1. The minimum Gasteiger partial charge on any atom is -0.508 e. The normalized spacial score (nSPS) is 18.5. The van der Waals surface area contributed by atoms with Crippen LogP contribution in [0.3, 0.4) is 0 Å². The van der Waals surface area contributed by atoms with Crippen molar-refractivity contribution in [1.82, 2.24) is 41.9 Å². The average molecular weight is 827 g/mol. The Bertz CT molecular complexity index is 1690. The number of imidazole rings is 1. The zero-order chi connectivity index (χ0) is 44.0. The van der Waals surface area contributed by atoms with Gasteiger partial charge >= 0.3 is 6.09 Å². The van der Waals surface area contributed by atoms with Crippen LogP contribution >= 0.6 is 0 Å². The van der Waals surface area contributed by atoms with Gasteiger partial charge in [-0.1, -0.05) is 60.1 Å². The Kier molecular flexibility index (Phi) is 18.2. The van der Waals surface area contributed by atoms with Gasteiger partial charge in [-0.3, -0.25) is 24.0 Å². The lowest BCUT2D eigenvalue weighted by molar-refractivity contribution is -0.133. The van der Waals surface area contributed by atoms with Crippen LogP contribution in [-0.2, 0) is 41.6 Å². The number of benzene rings is 1. The van der Waals surface area contributed by atoms with Crippen molar-refractivity contribution in [2.45, 2.75) is 155 Å². The van der Waals surface area contributed by atoms with E-state index in [1.165, 1.54) is 18.5 Å². The number of carbonyl (C=O) groups excluding carboxylic acids is 6. The van der Waals surface area contributed by atoms with Crippen molar-refractivity contribution < 1.29 is 43.7 Å². The molecular weight excluding hydrogens is 761 g/mol. The van der Waals surface area contributed by atoms with Gasteiger partial charge in [0.1, 0.15) is 29.5 Å². The number of rotatable bonds is 21. The Morgan fingerprint density at radius 3 is 2.12 bits per heavy atom. The number of hydrogen-bond acceptors (Lipinski definition) is 10. The Morgan fingerprint density at radius 2 is 1.54 bits per heavy atom. The average Bonchev–Trinajstić information content (AvgIpc) is 3.77. The number of nitrogens with zero attached hydrogens (tertiary/aromatic N) is 1. The summed E-state index contributed by atoms with van der Waals surface area (Å²) >= 11 is 0. The number of phenolic OH excluding ortho intramolecular Hbond substituents is 1. The van der Waals surface area contributed by atoms with Gasteiger partial charge in [-0.15, -0.1) is 0 Å². The number of aliphatic hydroxyl groups excluding tert-OH is 1. The first-order valence-corrected chi connectivity index (χ1v) is 20.6. The first-order valence-electron chi connectivity index (χ1n) is 20.6. The monoisotopic (exact) mass is 826 g/mol. The summed E-state index contributed by atoms with van der Waals surface area (Å²) in [4.78, 5) is 87.3. The van der Waals surface area contributed by atoms with Gasteiger partial charge < -0.3 is 51.8 Å². The highest BCUT2D eigenvalue weighted by atomic mass is 16.6. The Hall–Kier alpha value is -5.19. The largest absolute Gasteiger partial charge is 0.508 e. The first-order chi connectivity index (χ1) is 27.6. The summed E-state index contributed by atoms with van der Waals surface area (Å²) < 4.78 is 5.41. The molecule has 8 atom stereocenters. The molecule has 0 aliphatic carbocycles. The molecule has 1 fully saturated rings. The quantitative estimate of drug-likeness (QED) is 0.0890. The number of nitrogens with one attached hydrogen (secondary N) is 7. The summed E-state index contributed by atoms with van der Waals surface area (Å²) in [6.07, 6.45) is 1.91. The zero-order valence-corrected chi connectivity index (χ0v) is 35.9. The Labute approximate surface area is 347 Å². The van der Waals surface area contributed by atoms with Gasteiger partial charge in [-0.05, 0) is 69.1 Å². The highest BCUT2D eigenvalue weighted by Crippen LogP contribution is 2.19. The van der Waals surface area contributed by atoms with Crippen molar-refractivity contribution in [3.05, 3.63) is 48.0 Å². The predicted octanol–water partition coefficient (Wildman–Crippen LogP) is 2.51. The maximum Gasteiger partial charge on any atom is 0.408 e. The van der Waals surface area contributed by atoms with Crippen molar-refractivity contribution in [1.29, 1.82) is 0 Å². The van der Waals surface area contributed by atoms with Crippen LogP contribution in [0.1, 0.15) is 106 Å². The highest BCUT2D eigenvalue weighted by Gasteiger charge is 2.37. The Morgan fingerprint density at radius 1 is 0.898 bits per heavy atom. The van der Waals surface area contributed by atoms with E-state index in [9.17, 15) is 39.0 Å². The molecule has 59 heavy (non-hydrogen) atoms. The number of aliphatic hydroxyl groups is 1. The minimum absolute atomic E-state index is 0.00420. The Balaban J connectivity index is 1.79. The third-order valence-corrected chi connectivity index (χ3v) is 10.00. The molecule has 2 heterocycles. The second kappa shape index (κ2) is 22.3. The summed E-state index contributed by atoms with van der Waals surface area (Å²) in [7, 11) is 0. The molecule has 1 aliphatic rings. The molecule has 17 nitrogen and oxygen atoms in total. The third-order valence-electron chi connectivity index (χ3n) is 10.00. The van der Waals surface area contributed by atoms with E-state index in [-0.39, 0.29) is 61.1 Å². The number of aromatic nitrogens is 2. The molecule has 2 aromatic rings. The molecule has 1 aromatic heterocycles. The molecule has 328 valence electrons. The number of carbonyl (C=O) groups is 6. The number of hydrogen-bond donors (Lipinski definition) is 9. The smallest absolute Gasteiger partial charge is 0.408 e. The summed E-state index contributed by atoms with van der Waals surface area (Å²) in [5.41, 5.74) is 0.200. The predicted molar refractivity (Wildman–Crippen MR) is 221 cm³/mol. The number of amides is 6. The lowest BCUT2D eigenvalue weighted by Gasteiger charge is -2.30. The van der Waals surface area contributed by atoms with Crippen LogP contribution in [0.2, 0.25) is 0 Å². The second-order valence-corrected chi connectivity index (χ2v) is 17.5. The van der Waals surface area contributed by atoms with Gasteiger partial charge in [-0.25, -0.2) is 9.78 Å². The van der Waals surface area contributed by atoms with Crippen molar-refractivity contribution in [2.24, 2.45) is 17.8 Å². The zero-order valence-electron chi connectivity index (χ0n) is 35.9. The maximum atomic E-state index is 14.1. The van der Waals surface area contributed by atoms with Crippen LogP contribution in [0.15, 0.2) is 36.8 Å². The summed E-state index contributed by atoms with van der Waals surface area (Å²) in [5, 5.41) is 38.1. The van der Waals surface area contributed by atoms with E-state index in [0.717, 1.165) is 0 Å². The van der Waals surface area contributed by atoms with E-state index in [1.807, 2.05) is 41.5 Å². The van der Waals surface area contributed by atoms with Gasteiger partial charge in [0.25, 0.3) is 0 Å². The molecule has 1 aromatic carbocycles. The molecule has 0 unspecified atom stereocenters. The number of ether oxygens (including phenoxy) is 1. The van der Waals surface area contributed by atoms with Crippen molar-refractivity contribution in [2.75, 3.05) is 0 Å². The number of aromatic hydroxyl groups is 1. The fraction of sp³-hybridized carbons (Fsp3) is 0.643. The van der Waals surface area contributed by atoms with Crippen molar-refractivity contribution in [3.63, 3.8) is 0 Å². The fourth-order valence-electron chi connectivity index (χ4n) is 6.85. The standard InChI is InChI=1S/C42H66N8O9/c1-10-25(6)37(40(57)46-30-19-35(53)45-29(30)15-23(2)3)50-36(54)20-34(52)31(16-24(4)5)47-39(56)33(18-27-21-43-22-44-27)48-38(55)32(49-41(58)59-42(7,8)9)17-26-11-13-28(51)14-12-26/h11-14,21-25,29-34,37,51-52H,10,15-20H2,1-9H3,(H,43,44)(H,45,53)(H,46,57)(H,47,56)(H,48,55)(H,49,58)(H,50,54)/t25-,29-,30-,31-,32-,33-,34-,37-/m0/s1. The summed E-state index contributed by atoms with van der Waals surface area (Å²) in [6, 6.07) is 1.13. The molecule has 9 N–H and O–H groups in total. The molecule has 6 amide bonds. The van der Waals surface area contributed by atoms with Crippen LogP contribution < -0.4 is 31.9 Å². The van der Waals surface area contributed by atoms with Gasteiger partial charge in [0, 0.05) is 31.5 Å². The number of alkyl carbamates (subject to hydrolysis) is 1. The minimum atomic E-state index is -1.38. The van der Waals surface area contributed by atoms with Crippen LogP contribution in [-0.4, -0.2) is 104 Å². The molecule has 0 radical (unpaired) electrons.